The molecule has 1 atom stereocenters. The molecule has 0 spiro atoms. The fourth-order valence-corrected chi connectivity index (χ4v) is 2.84. The number of likely N-dealkylation sites (tertiary alicyclic amines) is 1. The molecule has 1 aromatic heterocycles. The number of cyclic esters (lactones) is 1. The quantitative estimate of drug-likeness (QED) is 0.746. The van der Waals surface area contributed by atoms with Gasteiger partial charge in [0.15, 0.2) is 0 Å². The zero-order valence-corrected chi connectivity index (χ0v) is 11.9. The van der Waals surface area contributed by atoms with Gasteiger partial charge in [-0.15, -0.1) is 5.10 Å². The van der Waals surface area contributed by atoms with Gasteiger partial charge in [-0.3, -0.25) is 4.79 Å². The van der Waals surface area contributed by atoms with Crippen molar-refractivity contribution in [3.8, 4) is 0 Å². The van der Waals surface area contributed by atoms with Gasteiger partial charge in [-0.25, -0.2) is 9.48 Å². The number of carbonyl (C=O) groups excluding carboxylic acids is 2. The van der Waals surface area contributed by atoms with Crippen LogP contribution in [0.25, 0.3) is 0 Å². The standard InChI is InChI=1S/C12H18N6O3/c1-9-6-18(12(20)21-9)10-2-4-16(5-3-10)11(19)7-17-8-13-14-15-17/h8-10H,2-7H2,1H3. The molecule has 2 aliphatic heterocycles. The van der Waals surface area contributed by atoms with Crippen LogP contribution in [0, 0.1) is 0 Å². The van der Waals surface area contributed by atoms with Crippen molar-refractivity contribution in [1.29, 1.82) is 0 Å². The van der Waals surface area contributed by atoms with E-state index in [0.717, 1.165) is 12.8 Å². The summed E-state index contributed by atoms with van der Waals surface area (Å²) in [6.07, 6.45) is 2.71. The number of hydrogen-bond donors (Lipinski definition) is 0. The van der Waals surface area contributed by atoms with Gasteiger partial charge >= 0.3 is 6.09 Å². The lowest BCUT2D eigenvalue weighted by atomic mass is 10.0. The molecule has 3 rings (SSSR count). The minimum Gasteiger partial charge on any atom is -0.444 e. The van der Waals surface area contributed by atoms with Gasteiger partial charge in [0, 0.05) is 19.1 Å². The van der Waals surface area contributed by atoms with Crippen LogP contribution in [0.3, 0.4) is 0 Å². The van der Waals surface area contributed by atoms with E-state index in [9.17, 15) is 9.59 Å². The second-order valence-electron chi connectivity index (χ2n) is 5.47. The van der Waals surface area contributed by atoms with Crippen LogP contribution in [-0.2, 0) is 16.1 Å². The number of ether oxygens (including phenoxy) is 1. The highest BCUT2D eigenvalue weighted by Crippen LogP contribution is 2.22. The van der Waals surface area contributed by atoms with Crippen LogP contribution in [0.4, 0.5) is 4.79 Å². The molecule has 2 amide bonds. The summed E-state index contributed by atoms with van der Waals surface area (Å²) >= 11 is 0. The molecule has 114 valence electrons. The summed E-state index contributed by atoms with van der Waals surface area (Å²) in [5, 5.41) is 10.7. The van der Waals surface area contributed by atoms with Crippen molar-refractivity contribution in [1.82, 2.24) is 30.0 Å². The molecule has 21 heavy (non-hydrogen) atoms. The normalized spacial score (nSPS) is 23.5. The summed E-state index contributed by atoms with van der Waals surface area (Å²) in [5.74, 6) is -0.00174. The number of carbonyl (C=O) groups is 2. The molecule has 0 N–H and O–H groups in total. The van der Waals surface area contributed by atoms with Crippen molar-refractivity contribution < 1.29 is 14.3 Å². The van der Waals surface area contributed by atoms with Crippen LogP contribution in [-0.4, -0.2) is 73.8 Å². The molecule has 9 nitrogen and oxygen atoms in total. The maximum Gasteiger partial charge on any atom is 0.410 e. The topological polar surface area (TPSA) is 93.5 Å². The second-order valence-corrected chi connectivity index (χ2v) is 5.47. The lowest BCUT2D eigenvalue weighted by molar-refractivity contribution is -0.133. The van der Waals surface area contributed by atoms with E-state index in [-0.39, 0.29) is 30.7 Å². The zero-order valence-electron chi connectivity index (χ0n) is 11.9. The Hall–Kier alpha value is -2.19. The lowest BCUT2D eigenvalue weighted by Crippen LogP contribution is -2.48. The number of piperidine rings is 1. The van der Waals surface area contributed by atoms with E-state index in [1.165, 1.54) is 11.0 Å². The molecule has 1 unspecified atom stereocenters. The molecule has 3 heterocycles. The first kappa shape index (κ1) is 13.8. The largest absolute Gasteiger partial charge is 0.444 e. The average molecular weight is 294 g/mol. The van der Waals surface area contributed by atoms with Crippen molar-refractivity contribution in [2.24, 2.45) is 0 Å². The van der Waals surface area contributed by atoms with Crippen LogP contribution >= 0.6 is 0 Å². The Balaban J connectivity index is 1.51. The summed E-state index contributed by atoms with van der Waals surface area (Å²) < 4.78 is 6.56. The highest BCUT2D eigenvalue weighted by molar-refractivity contribution is 5.76. The van der Waals surface area contributed by atoms with Crippen molar-refractivity contribution >= 4 is 12.0 Å². The van der Waals surface area contributed by atoms with Crippen LogP contribution in [0.2, 0.25) is 0 Å². The maximum atomic E-state index is 12.1. The predicted molar refractivity (Wildman–Crippen MR) is 70.1 cm³/mol. The second kappa shape index (κ2) is 5.66. The molecule has 0 aliphatic carbocycles. The van der Waals surface area contributed by atoms with Gasteiger partial charge in [-0.05, 0) is 30.2 Å². The predicted octanol–water partition coefficient (Wildman–Crippen LogP) is -0.495. The molecule has 0 saturated carbocycles. The van der Waals surface area contributed by atoms with Gasteiger partial charge in [-0.2, -0.15) is 0 Å². The van der Waals surface area contributed by atoms with E-state index < -0.39 is 0 Å². The summed E-state index contributed by atoms with van der Waals surface area (Å²) in [5.41, 5.74) is 0. The monoisotopic (exact) mass is 294 g/mol. The number of tetrazole rings is 1. The molecule has 2 fully saturated rings. The third-order valence-electron chi connectivity index (χ3n) is 3.94. The summed E-state index contributed by atoms with van der Waals surface area (Å²) in [4.78, 5) is 27.4. The van der Waals surface area contributed by atoms with Crippen LogP contribution in [0.15, 0.2) is 6.33 Å². The Morgan fingerprint density at radius 2 is 2.19 bits per heavy atom. The minimum atomic E-state index is -0.235. The Bertz CT molecular complexity index is 511. The van der Waals surface area contributed by atoms with Gasteiger partial charge in [0.1, 0.15) is 19.0 Å². The third kappa shape index (κ3) is 2.96. The Morgan fingerprint density at radius 3 is 2.76 bits per heavy atom. The lowest BCUT2D eigenvalue weighted by Gasteiger charge is -2.35. The van der Waals surface area contributed by atoms with E-state index in [1.807, 2.05) is 6.92 Å². The van der Waals surface area contributed by atoms with E-state index in [0.29, 0.717) is 19.6 Å². The van der Waals surface area contributed by atoms with E-state index >= 15 is 0 Å². The Morgan fingerprint density at radius 1 is 1.43 bits per heavy atom. The number of aromatic nitrogens is 4. The highest BCUT2D eigenvalue weighted by Gasteiger charge is 2.36. The Labute approximate surface area is 121 Å². The number of hydrogen-bond acceptors (Lipinski definition) is 6. The molecule has 0 aromatic carbocycles. The fraction of sp³-hybridized carbons (Fsp3) is 0.750. The number of rotatable bonds is 3. The first-order valence-corrected chi connectivity index (χ1v) is 7.09. The molecule has 2 saturated heterocycles. The molecule has 1 aromatic rings. The van der Waals surface area contributed by atoms with Gasteiger partial charge < -0.3 is 14.5 Å². The van der Waals surface area contributed by atoms with Crippen molar-refractivity contribution in [3.63, 3.8) is 0 Å². The number of amides is 2. The van der Waals surface area contributed by atoms with Gasteiger partial charge in [0.25, 0.3) is 0 Å². The van der Waals surface area contributed by atoms with E-state index in [1.54, 1.807) is 9.80 Å². The number of nitrogens with zero attached hydrogens (tertiary/aromatic N) is 6. The van der Waals surface area contributed by atoms with Gasteiger partial charge in [-0.1, -0.05) is 0 Å². The highest BCUT2D eigenvalue weighted by atomic mass is 16.6. The van der Waals surface area contributed by atoms with E-state index in [2.05, 4.69) is 15.5 Å². The minimum absolute atomic E-state index is 0.00174. The van der Waals surface area contributed by atoms with Crippen LogP contribution in [0.1, 0.15) is 19.8 Å². The zero-order chi connectivity index (χ0) is 14.8. The summed E-state index contributed by atoms with van der Waals surface area (Å²) in [7, 11) is 0. The van der Waals surface area contributed by atoms with Crippen LogP contribution in [0.5, 0.6) is 0 Å². The third-order valence-corrected chi connectivity index (χ3v) is 3.94. The van der Waals surface area contributed by atoms with Crippen molar-refractivity contribution in [2.45, 2.75) is 38.5 Å². The Kier molecular flexibility index (Phi) is 3.72. The van der Waals surface area contributed by atoms with Crippen LogP contribution < -0.4 is 0 Å². The summed E-state index contributed by atoms with van der Waals surface area (Å²) in [6, 6.07) is 0.166. The maximum absolute atomic E-state index is 12.1. The SMILES string of the molecule is CC1CN(C2CCN(C(=O)Cn3cnnn3)CC2)C(=O)O1. The molecule has 9 heteroatoms. The van der Waals surface area contributed by atoms with Gasteiger partial charge in [0.05, 0.1) is 6.54 Å². The van der Waals surface area contributed by atoms with Crippen molar-refractivity contribution in [2.75, 3.05) is 19.6 Å². The molecular weight excluding hydrogens is 276 g/mol. The fourth-order valence-electron chi connectivity index (χ4n) is 2.84. The smallest absolute Gasteiger partial charge is 0.410 e. The molecule has 2 aliphatic rings. The van der Waals surface area contributed by atoms with Crippen molar-refractivity contribution in [3.05, 3.63) is 6.33 Å². The first-order chi connectivity index (χ1) is 10.1. The summed E-state index contributed by atoms with van der Waals surface area (Å²) in [6.45, 7) is 3.97. The molecule has 0 bridgehead atoms. The first-order valence-electron chi connectivity index (χ1n) is 7.09. The van der Waals surface area contributed by atoms with E-state index in [4.69, 9.17) is 4.74 Å². The van der Waals surface area contributed by atoms with Gasteiger partial charge in [0.2, 0.25) is 5.91 Å². The molecular formula is C12H18N6O3. The molecule has 0 radical (unpaired) electrons. The average Bonchev–Trinajstić information content (AvgIpc) is 3.08.